The molecule has 0 aliphatic carbocycles. The van der Waals surface area contributed by atoms with Gasteiger partial charge in [-0.2, -0.15) is 11.8 Å². The minimum absolute atomic E-state index is 0.383. The molecule has 0 spiro atoms. The maximum atomic E-state index is 11.3. The average molecular weight is 243 g/mol. The fraction of sp³-hybridized carbons (Fsp3) is 0.455. The largest absolute Gasteiger partial charge is 0.480 e. The number of aliphatic carboxylic acids is 1. The summed E-state index contributed by atoms with van der Waals surface area (Å²) in [5.41, 5.74) is 0. The quantitative estimate of drug-likeness (QED) is 0.524. The summed E-state index contributed by atoms with van der Waals surface area (Å²) in [5, 5.41) is 11.3. The number of allylic oxidation sites excluding steroid dienone is 3. The number of carbonyl (C=O) groups excluding carboxylic acids is 1. The predicted octanol–water partition coefficient (Wildman–Crippen LogP) is 1.44. The minimum atomic E-state index is -0.998. The number of amides is 1. The molecule has 0 aromatic heterocycles. The second kappa shape index (κ2) is 9.03. The van der Waals surface area contributed by atoms with Crippen LogP contribution in [0.15, 0.2) is 24.3 Å². The van der Waals surface area contributed by atoms with Crippen LogP contribution in [0.1, 0.15) is 13.3 Å². The molecule has 4 nitrogen and oxygen atoms in total. The number of thioether (sulfide) groups is 1. The zero-order chi connectivity index (χ0) is 12.4. The van der Waals surface area contributed by atoms with Gasteiger partial charge in [0.05, 0.1) is 0 Å². The summed E-state index contributed by atoms with van der Waals surface area (Å²) in [6.07, 6.45) is 8.70. The van der Waals surface area contributed by atoms with Crippen molar-refractivity contribution in [1.29, 1.82) is 0 Å². The van der Waals surface area contributed by atoms with Gasteiger partial charge in [0, 0.05) is 6.08 Å². The molecule has 0 radical (unpaired) electrons. The second-order valence-electron chi connectivity index (χ2n) is 3.07. The van der Waals surface area contributed by atoms with Crippen molar-refractivity contribution in [3.05, 3.63) is 24.3 Å². The molecular formula is C11H17NO3S. The number of carbonyl (C=O) groups is 2. The fourth-order valence-electron chi connectivity index (χ4n) is 0.967. The number of hydrogen-bond acceptors (Lipinski definition) is 3. The van der Waals surface area contributed by atoms with Crippen LogP contribution in [0.5, 0.6) is 0 Å². The van der Waals surface area contributed by atoms with Crippen molar-refractivity contribution in [1.82, 2.24) is 5.32 Å². The van der Waals surface area contributed by atoms with E-state index in [1.165, 1.54) is 6.08 Å². The van der Waals surface area contributed by atoms with Gasteiger partial charge in [0.1, 0.15) is 6.04 Å². The number of carboxylic acids is 1. The van der Waals surface area contributed by atoms with Gasteiger partial charge in [-0.1, -0.05) is 18.2 Å². The molecule has 90 valence electrons. The SMILES string of the molecule is C/C=C/C=C/C(=O)N[C@@H](CCSC)C(=O)O. The first kappa shape index (κ1) is 14.8. The molecule has 0 rings (SSSR count). The lowest BCUT2D eigenvalue weighted by atomic mass is 10.2. The molecule has 0 bridgehead atoms. The van der Waals surface area contributed by atoms with Gasteiger partial charge in [-0.05, 0) is 25.4 Å². The van der Waals surface area contributed by atoms with E-state index in [2.05, 4.69) is 5.32 Å². The molecular weight excluding hydrogens is 226 g/mol. The monoisotopic (exact) mass is 243 g/mol. The Kier molecular flexibility index (Phi) is 8.34. The van der Waals surface area contributed by atoms with Crippen LogP contribution >= 0.6 is 11.8 Å². The molecule has 0 aromatic rings. The van der Waals surface area contributed by atoms with Gasteiger partial charge in [-0.15, -0.1) is 0 Å². The van der Waals surface area contributed by atoms with Gasteiger partial charge in [-0.25, -0.2) is 4.79 Å². The zero-order valence-electron chi connectivity index (χ0n) is 9.47. The lowest BCUT2D eigenvalue weighted by molar-refractivity contribution is -0.141. The smallest absolute Gasteiger partial charge is 0.326 e. The summed E-state index contributed by atoms with van der Waals surface area (Å²) in [4.78, 5) is 22.1. The molecule has 16 heavy (non-hydrogen) atoms. The molecule has 0 saturated heterocycles. The number of hydrogen-bond donors (Lipinski definition) is 2. The van der Waals surface area contributed by atoms with E-state index in [1.807, 2.05) is 13.2 Å². The van der Waals surface area contributed by atoms with E-state index < -0.39 is 12.0 Å². The first-order valence-electron chi connectivity index (χ1n) is 4.93. The third-order valence-corrected chi connectivity index (χ3v) is 2.42. The van der Waals surface area contributed by atoms with Crippen LogP contribution in [0.4, 0.5) is 0 Å². The third kappa shape index (κ3) is 7.11. The highest BCUT2D eigenvalue weighted by molar-refractivity contribution is 7.98. The van der Waals surface area contributed by atoms with Crippen molar-refractivity contribution < 1.29 is 14.7 Å². The first-order valence-corrected chi connectivity index (χ1v) is 6.32. The third-order valence-electron chi connectivity index (χ3n) is 1.78. The van der Waals surface area contributed by atoms with Crippen LogP contribution < -0.4 is 5.32 Å². The molecule has 0 aromatic carbocycles. The summed E-state index contributed by atoms with van der Waals surface area (Å²) in [6.45, 7) is 1.83. The van der Waals surface area contributed by atoms with Gasteiger partial charge in [0.15, 0.2) is 0 Å². The van der Waals surface area contributed by atoms with E-state index in [4.69, 9.17) is 5.11 Å². The molecule has 0 aliphatic rings. The van der Waals surface area contributed by atoms with E-state index in [0.29, 0.717) is 12.2 Å². The Hall–Kier alpha value is -1.23. The molecule has 5 heteroatoms. The van der Waals surface area contributed by atoms with Crippen LogP contribution in [-0.2, 0) is 9.59 Å². The number of rotatable bonds is 7. The maximum Gasteiger partial charge on any atom is 0.326 e. The van der Waals surface area contributed by atoms with E-state index >= 15 is 0 Å². The van der Waals surface area contributed by atoms with Crippen molar-refractivity contribution in [3.8, 4) is 0 Å². The first-order chi connectivity index (χ1) is 7.61. The van der Waals surface area contributed by atoms with Crippen LogP contribution in [-0.4, -0.2) is 35.0 Å². The van der Waals surface area contributed by atoms with Crippen LogP contribution in [0.2, 0.25) is 0 Å². The van der Waals surface area contributed by atoms with Crippen molar-refractivity contribution in [2.45, 2.75) is 19.4 Å². The summed E-state index contributed by atoms with van der Waals surface area (Å²) < 4.78 is 0. The van der Waals surface area contributed by atoms with E-state index in [1.54, 1.807) is 30.0 Å². The Labute approximate surface area is 99.8 Å². The van der Waals surface area contributed by atoms with Crippen LogP contribution in [0.3, 0.4) is 0 Å². The minimum Gasteiger partial charge on any atom is -0.480 e. The summed E-state index contributed by atoms with van der Waals surface area (Å²) in [5.74, 6) is -0.677. The average Bonchev–Trinajstić information content (AvgIpc) is 2.24. The van der Waals surface area contributed by atoms with E-state index in [9.17, 15) is 9.59 Å². The Morgan fingerprint density at radius 2 is 2.12 bits per heavy atom. The van der Waals surface area contributed by atoms with E-state index in [-0.39, 0.29) is 5.91 Å². The molecule has 1 atom stereocenters. The highest BCUT2D eigenvalue weighted by Gasteiger charge is 2.17. The van der Waals surface area contributed by atoms with Crippen molar-refractivity contribution in [2.24, 2.45) is 0 Å². The van der Waals surface area contributed by atoms with Gasteiger partial charge >= 0.3 is 5.97 Å². The summed E-state index contributed by atoms with van der Waals surface area (Å²) in [7, 11) is 0. The Morgan fingerprint density at radius 1 is 1.44 bits per heavy atom. The normalized spacial score (nSPS) is 13.1. The Bertz CT molecular complexity index is 287. The molecule has 0 heterocycles. The highest BCUT2D eigenvalue weighted by Crippen LogP contribution is 2.01. The molecule has 2 N–H and O–H groups in total. The van der Waals surface area contributed by atoms with Crippen LogP contribution in [0.25, 0.3) is 0 Å². The topological polar surface area (TPSA) is 66.4 Å². The Balaban J connectivity index is 4.17. The van der Waals surface area contributed by atoms with Crippen LogP contribution in [0, 0.1) is 0 Å². The zero-order valence-corrected chi connectivity index (χ0v) is 10.3. The lowest BCUT2D eigenvalue weighted by Crippen LogP contribution is -2.40. The standard InChI is InChI=1S/C11H17NO3S/c1-3-4-5-6-10(13)12-9(11(14)15)7-8-16-2/h3-6,9H,7-8H2,1-2H3,(H,12,13)(H,14,15)/b4-3+,6-5+/t9-/m0/s1. The second-order valence-corrected chi connectivity index (χ2v) is 4.05. The molecule has 0 fully saturated rings. The van der Waals surface area contributed by atoms with Crippen molar-refractivity contribution >= 4 is 23.6 Å². The van der Waals surface area contributed by atoms with Gasteiger partial charge < -0.3 is 10.4 Å². The molecule has 0 saturated carbocycles. The van der Waals surface area contributed by atoms with Crippen molar-refractivity contribution in [3.63, 3.8) is 0 Å². The number of nitrogens with one attached hydrogen (secondary N) is 1. The van der Waals surface area contributed by atoms with Crippen molar-refractivity contribution in [2.75, 3.05) is 12.0 Å². The summed E-state index contributed by atoms with van der Waals surface area (Å²) in [6, 6.07) is -0.810. The van der Waals surface area contributed by atoms with Gasteiger partial charge in [0.2, 0.25) is 5.91 Å². The highest BCUT2D eigenvalue weighted by atomic mass is 32.2. The van der Waals surface area contributed by atoms with E-state index in [0.717, 1.165) is 0 Å². The van der Waals surface area contributed by atoms with Gasteiger partial charge in [-0.3, -0.25) is 4.79 Å². The summed E-state index contributed by atoms with van der Waals surface area (Å²) >= 11 is 1.55. The number of carboxylic acid groups (broad SMARTS) is 1. The predicted molar refractivity (Wildman–Crippen MR) is 66.5 cm³/mol. The molecule has 0 unspecified atom stereocenters. The molecule has 0 aliphatic heterocycles. The Morgan fingerprint density at radius 3 is 2.62 bits per heavy atom. The molecule has 1 amide bonds. The fourth-order valence-corrected chi connectivity index (χ4v) is 1.44. The maximum absolute atomic E-state index is 11.3. The van der Waals surface area contributed by atoms with Gasteiger partial charge in [0.25, 0.3) is 0 Å². The lowest BCUT2D eigenvalue weighted by Gasteiger charge is -2.11.